The molecular weight excluding hydrogens is 483 g/mol. The largest absolute Gasteiger partial charge is 0.497 e. The van der Waals surface area contributed by atoms with E-state index in [0.717, 1.165) is 45.5 Å². The van der Waals surface area contributed by atoms with E-state index in [0.29, 0.717) is 0 Å². The molecule has 2 aromatic rings. The summed E-state index contributed by atoms with van der Waals surface area (Å²) >= 11 is 0. The van der Waals surface area contributed by atoms with Crippen LogP contribution in [0.1, 0.15) is 77.1 Å². The van der Waals surface area contributed by atoms with Crippen LogP contribution in [0.3, 0.4) is 0 Å². The molecule has 2 aliphatic rings. The first-order chi connectivity index (χ1) is 18.3. The van der Waals surface area contributed by atoms with E-state index in [1.54, 1.807) is 14.2 Å². The highest BCUT2D eigenvalue weighted by atomic mass is 16.7. The number of rotatable bonds is 3. The molecule has 5 heteroatoms. The Morgan fingerprint density at radius 1 is 0.872 bits per heavy atom. The minimum atomic E-state index is -0.595. The van der Waals surface area contributed by atoms with E-state index in [2.05, 4.69) is 96.4 Å². The quantitative estimate of drug-likeness (QED) is 0.369. The van der Waals surface area contributed by atoms with Gasteiger partial charge in [0.15, 0.2) is 0 Å². The van der Waals surface area contributed by atoms with E-state index in [9.17, 15) is 0 Å². The zero-order chi connectivity index (χ0) is 28.4. The Morgan fingerprint density at radius 2 is 1.46 bits per heavy atom. The first kappa shape index (κ1) is 28.8. The summed E-state index contributed by atoms with van der Waals surface area (Å²) < 4.78 is 23.8. The number of methoxy groups -OCH3 is 2. The zero-order valence-electron chi connectivity index (χ0n) is 24.7. The van der Waals surface area contributed by atoms with Gasteiger partial charge in [-0.2, -0.15) is 0 Å². The van der Waals surface area contributed by atoms with Gasteiger partial charge in [0, 0.05) is 34.8 Å². The lowest BCUT2D eigenvalue weighted by Crippen LogP contribution is -2.41. The van der Waals surface area contributed by atoms with Gasteiger partial charge < -0.3 is 18.8 Å². The molecule has 0 bridgehead atoms. The van der Waals surface area contributed by atoms with Crippen molar-refractivity contribution in [3.8, 4) is 29.4 Å². The van der Waals surface area contributed by atoms with Crippen molar-refractivity contribution < 1.29 is 18.8 Å². The molecule has 0 N–H and O–H groups in total. The average Bonchev–Trinajstić information content (AvgIpc) is 3.11. The maximum atomic E-state index is 6.54. The van der Waals surface area contributed by atoms with E-state index in [4.69, 9.17) is 18.8 Å². The molecule has 4 nitrogen and oxygen atoms in total. The summed E-state index contributed by atoms with van der Waals surface area (Å²) in [7, 11) is 2.79. The lowest BCUT2D eigenvalue weighted by atomic mass is 9.70. The molecule has 1 atom stereocenters. The van der Waals surface area contributed by atoms with Crippen LogP contribution in [0.2, 0.25) is 0 Å². The van der Waals surface area contributed by atoms with Crippen molar-refractivity contribution >= 4 is 12.6 Å². The normalized spacial score (nSPS) is 19.5. The predicted molar refractivity (Wildman–Crippen MR) is 159 cm³/mol. The van der Waals surface area contributed by atoms with Crippen LogP contribution in [0.4, 0.5) is 0 Å². The van der Waals surface area contributed by atoms with E-state index in [-0.39, 0.29) is 11.5 Å². The van der Waals surface area contributed by atoms with Crippen LogP contribution in [-0.4, -0.2) is 38.6 Å². The lowest BCUT2D eigenvalue weighted by molar-refractivity contribution is 0.00578. The molecule has 0 amide bonds. The van der Waals surface area contributed by atoms with Gasteiger partial charge in [-0.05, 0) is 87.6 Å². The maximum absolute atomic E-state index is 6.54. The second-order valence-electron chi connectivity index (χ2n) is 12.1. The molecule has 1 saturated heterocycles. The highest BCUT2D eigenvalue weighted by molar-refractivity contribution is 6.63. The van der Waals surface area contributed by atoms with Gasteiger partial charge in [-0.3, -0.25) is 0 Å². The fraction of sp³-hybridized carbons (Fsp3) is 0.412. The van der Waals surface area contributed by atoms with Crippen molar-refractivity contribution in [2.45, 2.75) is 77.6 Å². The molecule has 0 spiro atoms. The molecule has 0 saturated carbocycles. The van der Waals surface area contributed by atoms with Gasteiger partial charge in [-0.1, -0.05) is 56.6 Å². The van der Waals surface area contributed by atoms with Crippen LogP contribution in [0, 0.1) is 23.7 Å². The van der Waals surface area contributed by atoms with E-state index in [1.165, 1.54) is 0 Å². The van der Waals surface area contributed by atoms with Crippen molar-refractivity contribution in [2.24, 2.45) is 0 Å². The number of benzene rings is 2. The van der Waals surface area contributed by atoms with Gasteiger partial charge in [-0.15, -0.1) is 0 Å². The fourth-order valence-corrected chi connectivity index (χ4v) is 4.33. The molecule has 1 aliphatic carbocycles. The molecular formula is C34H39BO4. The van der Waals surface area contributed by atoms with E-state index in [1.807, 2.05) is 30.3 Å². The second-order valence-corrected chi connectivity index (χ2v) is 12.1. The minimum absolute atomic E-state index is 0.0971. The van der Waals surface area contributed by atoms with Crippen molar-refractivity contribution in [2.75, 3.05) is 14.2 Å². The Labute approximate surface area is 234 Å². The lowest BCUT2D eigenvalue weighted by Gasteiger charge is -2.32. The Morgan fingerprint density at radius 3 is 1.95 bits per heavy atom. The first-order valence-electron chi connectivity index (χ1n) is 13.5. The molecule has 1 fully saturated rings. The molecule has 4 rings (SSSR count). The maximum Gasteiger partial charge on any atom is 0.497 e. The number of hydrogen-bond donors (Lipinski definition) is 0. The van der Waals surface area contributed by atoms with Gasteiger partial charge in [0.05, 0.1) is 24.4 Å². The number of allylic oxidation sites excluding steroid dienone is 2. The van der Waals surface area contributed by atoms with Gasteiger partial charge in [0.25, 0.3) is 0 Å². The predicted octanol–water partition coefficient (Wildman–Crippen LogP) is 5.94. The molecule has 1 unspecified atom stereocenters. The SMILES string of the molecule is COc1ccc(C#Cc2cc(C(C)(C)C)cc(C#CC3=CCC(OC)C=C3)c2B2OC(C)(C)C(C)(C)O2)cc1. The van der Waals surface area contributed by atoms with E-state index < -0.39 is 18.3 Å². The molecule has 2 aromatic carbocycles. The average molecular weight is 522 g/mol. The van der Waals surface area contributed by atoms with Crippen LogP contribution in [-0.2, 0) is 19.5 Å². The molecule has 39 heavy (non-hydrogen) atoms. The number of hydrogen-bond acceptors (Lipinski definition) is 4. The fourth-order valence-electron chi connectivity index (χ4n) is 4.33. The molecule has 0 aromatic heterocycles. The topological polar surface area (TPSA) is 36.9 Å². The zero-order valence-corrected chi connectivity index (χ0v) is 24.7. The van der Waals surface area contributed by atoms with Crippen molar-refractivity contribution in [1.82, 2.24) is 0 Å². The Kier molecular flexibility index (Phi) is 8.20. The summed E-state index contributed by atoms with van der Waals surface area (Å²) in [4.78, 5) is 0. The van der Waals surface area contributed by atoms with Gasteiger partial charge in [0.1, 0.15) is 5.75 Å². The van der Waals surface area contributed by atoms with Crippen molar-refractivity contribution in [1.29, 1.82) is 0 Å². The highest BCUT2D eigenvalue weighted by Crippen LogP contribution is 2.37. The molecule has 0 radical (unpaired) electrons. The van der Waals surface area contributed by atoms with Crippen LogP contribution in [0.5, 0.6) is 5.75 Å². The summed E-state index contributed by atoms with van der Waals surface area (Å²) in [5.41, 5.74) is 4.52. The number of ether oxygens (including phenoxy) is 2. The monoisotopic (exact) mass is 522 g/mol. The molecule has 202 valence electrons. The highest BCUT2D eigenvalue weighted by Gasteiger charge is 2.53. The van der Waals surface area contributed by atoms with Gasteiger partial charge >= 0.3 is 7.12 Å². The third kappa shape index (κ3) is 6.51. The van der Waals surface area contributed by atoms with Crippen LogP contribution in [0.25, 0.3) is 0 Å². The van der Waals surface area contributed by atoms with E-state index >= 15 is 0 Å². The Hall–Kier alpha value is -3.22. The standard InChI is InChI=1S/C34H39BO4/c1-32(2,3)28-22-26(16-10-24-12-18-29(36-8)19-13-24)31(35-38-33(4,5)34(6,7)39-35)27(23-28)17-11-25-14-20-30(37-9)21-15-25/h12-15,18-20,22-23,30H,21H2,1-9H3. The third-order valence-electron chi connectivity index (χ3n) is 7.67. The van der Waals surface area contributed by atoms with Crippen LogP contribution in [0.15, 0.2) is 60.2 Å². The summed E-state index contributed by atoms with van der Waals surface area (Å²) in [6.45, 7) is 14.9. The van der Waals surface area contributed by atoms with Crippen molar-refractivity contribution in [3.63, 3.8) is 0 Å². The van der Waals surface area contributed by atoms with Crippen molar-refractivity contribution in [3.05, 3.63) is 82.5 Å². The summed E-state index contributed by atoms with van der Waals surface area (Å²) in [6, 6.07) is 12.1. The smallest absolute Gasteiger partial charge is 0.497 e. The van der Waals surface area contributed by atoms with Gasteiger partial charge in [-0.25, -0.2) is 0 Å². The summed E-state index contributed by atoms with van der Waals surface area (Å²) in [5, 5.41) is 0. The first-order valence-corrected chi connectivity index (χ1v) is 13.5. The third-order valence-corrected chi connectivity index (χ3v) is 7.67. The second kappa shape index (κ2) is 11.1. The van der Waals surface area contributed by atoms with Crippen LogP contribution < -0.4 is 10.2 Å². The Bertz CT molecular complexity index is 1380. The Balaban J connectivity index is 1.88. The molecule has 1 aliphatic heterocycles. The van der Waals surface area contributed by atoms with Crippen LogP contribution >= 0.6 is 0 Å². The van der Waals surface area contributed by atoms with Gasteiger partial charge in [0.2, 0.25) is 0 Å². The molecule has 1 heterocycles. The summed E-state index contributed by atoms with van der Waals surface area (Å²) in [6.07, 6.45) is 7.10. The minimum Gasteiger partial charge on any atom is -0.497 e. The summed E-state index contributed by atoms with van der Waals surface area (Å²) in [5.74, 6) is 14.4.